The van der Waals surface area contributed by atoms with Crippen LogP contribution in [0.3, 0.4) is 0 Å². The fourth-order valence-electron chi connectivity index (χ4n) is 6.45. The standard InChI is InChI=1S/2C21H42O2S.Sn/c2*1-2-3-4-5-6-7-8-9-10-11-12-13-14-15-16-17-18-20(19-24)21(22)23;/h2*20,24H,2-19H2,1H3,(H,22,23);/q;;+2/p-2. The Morgan fingerprint density at radius 3 is 0.673 bits per heavy atom. The van der Waals surface area contributed by atoms with Crippen LogP contribution in [0.15, 0.2) is 0 Å². The fraction of sp³-hybridized carbons (Fsp3) is 0.952. The van der Waals surface area contributed by atoms with Crippen LogP contribution in [0.2, 0.25) is 0 Å². The Hall–Kier alpha value is 0.439. The molecule has 2 atom stereocenters. The van der Waals surface area contributed by atoms with E-state index in [2.05, 4.69) is 39.1 Å². The molecule has 4 nitrogen and oxygen atoms in total. The Morgan fingerprint density at radius 2 is 0.531 bits per heavy atom. The van der Waals surface area contributed by atoms with Crippen molar-refractivity contribution in [3.8, 4) is 0 Å². The molecule has 0 aliphatic carbocycles. The molecule has 0 N–H and O–H groups in total. The van der Waals surface area contributed by atoms with Crippen molar-refractivity contribution < 1.29 is 19.8 Å². The molecule has 0 aromatic heterocycles. The molecule has 0 bridgehead atoms. The number of hydrogen-bond acceptors (Lipinski definition) is 6. The Labute approximate surface area is 334 Å². The molecular formula is C42H82O4S2Sn. The van der Waals surface area contributed by atoms with Crippen molar-refractivity contribution in [3.05, 3.63) is 0 Å². The minimum absolute atomic E-state index is 0. The topological polar surface area (TPSA) is 80.3 Å². The first-order chi connectivity index (χ1) is 23.4. The van der Waals surface area contributed by atoms with Crippen molar-refractivity contribution in [1.82, 2.24) is 0 Å². The van der Waals surface area contributed by atoms with Crippen LogP contribution >= 0.6 is 25.3 Å². The number of carboxylic acids is 2. The number of carboxylic acid groups (broad SMARTS) is 2. The maximum atomic E-state index is 10.8. The molecule has 0 aromatic rings. The zero-order chi connectivity index (χ0) is 35.8. The number of aliphatic carboxylic acids is 2. The number of unbranched alkanes of at least 4 members (excludes halogenated alkanes) is 30. The van der Waals surface area contributed by atoms with Crippen molar-refractivity contribution >= 4 is 61.1 Å². The average Bonchev–Trinajstić information content (AvgIpc) is 3.07. The first-order valence-electron chi connectivity index (χ1n) is 21.1. The molecule has 2 radical (unpaired) electrons. The van der Waals surface area contributed by atoms with Gasteiger partial charge in [0.1, 0.15) is 0 Å². The molecule has 0 saturated heterocycles. The van der Waals surface area contributed by atoms with E-state index in [0.717, 1.165) is 38.5 Å². The van der Waals surface area contributed by atoms with E-state index in [9.17, 15) is 19.8 Å². The van der Waals surface area contributed by atoms with E-state index in [-0.39, 0.29) is 35.7 Å². The van der Waals surface area contributed by atoms with Gasteiger partial charge in [0.05, 0.1) is 0 Å². The van der Waals surface area contributed by atoms with E-state index in [1.165, 1.54) is 180 Å². The summed E-state index contributed by atoms with van der Waals surface area (Å²) in [5.41, 5.74) is 0. The minimum Gasteiger partial charge on any atom is -0.550 e. The zero-order valence-corrected chi connectivity index (χ0v) is 37.3. The van der Waals surface area contributed by atoms with Crippen LogP contribution in [0.4, 0.5) is 0 Å². The van der Waals surface area contributed by atoms with Crippen LogP contribution in [0, 0.1) is 11.8 Å². The Kier molecular flexibility index (Phi) is 51.0. The zero-order valence-electron chi connectivity index (χ0n) is 32.6. The van der Waals surface area contributed by atoms with Gasteiger partial charge in [-0.2, -0.15) is 25.3 Å². The summed E-state index contributed by atoms with van der Waals surface area (Å²) in [6.07, 6.45) is 44.5. The molecular weight excluding hydrogens is 751 g/mol. The summed E-state index contributed by atoms with van der Waals surface area (Å²) >= 11 is 8.13. The average molecular weight is 834 g/mol. The van der Waals surface area contributed by atoms with Gasteiger partial charge < -0.3 is 19.8 Å². The monoisotopic (exact) mass is 834 g/mol. The number of hydrogen-bond donors (Lipinski definition) is 2. The smallest absolute Gasteiger partial charge is 0.550 e. The van der Waals surface area contributed by atoms with Crippen molar-refractivity contribution in [3.63, 3.8) is 0 Å². The second-order valence-electron chi connectivity index (χ2n) is 14.6. The predicted octanol–water partition coefficient (Wildman–Crippen LogP) is 11.5. The van der Waals surface area contributed by atoms with Gasteiger partial charge in [0.25, 0.3) is 0 Å². The summed E-state index contributed by atoms with van der Waals surface area (Å²) in [6.45, 7) is 4.55. The SMILES string of the molecule is CCCCCCCCCCCCCCCCCCC(CS)C(=O)[O-].CCCCCCCCCCCCCCCCCCC(CS)C(=O)[O-].[Sn+2]. The third-order valence-electron chi connectivity index (χ3n) is 9.92. The predicted molar refractivity (Wildman–Crippen MR) is 219 cm³/mol. The number of rotatable bonds is 38. The van der Waals surface area contributed by atoms with Gasteiger partial charge in [-0.3, -0.25) is 0 Å². The van der Waals surface area contributed by atoms with Gasteiger partial charge in [0.2, 0.25) is 0 Å². The van der Waals surface area contributed by atoms with Gasteiger partial charge in [-0.15, -0.1) is 0 Å². The van der Waals surface area contributed by atoms with E-state index in [1.807, 2.05) is 0 Å². The number of carbonyl (C=O) groups is 2. The van der Waals surface area contributed by atoms with E-state index in [0.29, 0.717) is 11.5 Å². The van der Waals surface area contributed by atoms with Gasteiger partial charge in [-0.25, -0.2) is 0 Å². The normalized spacial score (nSPS) is 12.2. The van der Waals surface area contributed by atoms with Gasteiger partial charge >= 0.3 is 23.9 Å². The third-order valence-corrected chi connectivity index (χ3v) is 10.8. The molecule has 290 valence electrons. The molecule has 0 spiro atoms. The summed E-state index contributed by atoms with van der Waals surface area (Å²) in [6, 6.07) is 0. The summed E-state index contributed by atoms with van der Waals surface area (Å²) < 4.78 is 0. The summed E-state index contributed by atoms with van der Waals surface area (Å²) in [4.78, 5) is 21.5. The molecule has 0 rings (SSSR count). The summed E-state index contributed by atoms with van der Waals surface area (Å²) in [5.74, 6) is -1.79. The van der Waals surface area contributed by atoms with Crippen molar-refractivity contribution in [2.45, 2.75) is 232 Å². The van der Waals surface area contributed by atoms with E-state index < -0.39 is 11.9 Å². The van der Waals surface area contributed by atoms with Gasteiger partial charge in [-0.05, 0) is 24.3 Å². The van der Waals surface area contributed by atoms with Crippen molar-refractivity contribution in [1.29, 1.82) is 0 Å². The Morgan fingerprint density at radius 1 is 0.367 bits per heavy atom. The Balaban J connectivity index is -0.000000846. The second kappa shape index (κ2) is 46.5. The molecule has 49 heavy (non-hydrogen) atoms. The van der Waals surface area contributed by atoms with Gasteiger partial charge in [0, 0.05) is 23.8 Å². The summed E-state index contributed by atoms with van der Waals surface area (Å²) in [7, 11) is 0. The molecule has 2 unspecified atom stereocenters. The number of thiol groups is 2. The molecule has 0 aliphatic rings. The van der Waals surface area contributed by atoms with E-state index in [4.69, 9.17) is 0 Å². The largest absolute Gasteiger partial charge is 2.00 e. The first-order valence-corrected chi connectivity index (χ1v) is 22.3. The molecule has 0 aliphatic heterocycles. The second-order valence-corrected chi connectivity index (χ2v) is 15.3. The quantitative estimate of drug-likeness (QED) is 0.0369. The van der Waals surface area contributed by atoms with Crippen molar-refractivity contribution in [2.75, 3.05) is 11.5 Å². The van der Waals surface area contributed by atoms with E-state index >= 15 is 0 Å². The van der Waals surface area contributed by atoms with Gasteiger partial charge in [-0.1, -0.05) is 219 Å². The van der Waals surface area contributed by atoms with Crippen LogP contribution in [0.5, 0.6) is 0 Å². The van der Waals surface area contributed by atoms with Crippen LogP contribution in [-0.2, 0) is 9.59 Å². The third kappa shape index (κ3) is 44.5. The van der Waals surface area contributed by atoms with Gasteiger partial charge in [0.15, 0.2) is 0 Å². The molecule has 0 heterocycles. The molecule has 7 heteroatoms. The van der Waals surface area contributed by atoms with Crippen LogP contribution < -0.4 is 10.2 Å². The van der Waals surface area contributed by atoms with Crippen LogP contribution in [-0.4, -0.2) is 47.4 Å². The van der Waals surface area contributed by atoms with Crippen molar-refractivity contribution in [2.24, 2.45) is 11.8 Å². The van der Waals surface area contributed by atoms with Crippen LogP contribution in [0.1, 0.15) is 232 Å². The fourth-order valence-corrected chi connectivity index (χ4v) is 7.11. The molecule has 0 fully saturated rings. The number of carbonyl (C=O) groups excluding carboxylic acids is 2. The maximum absolute atomic E-state index is 10.8. The minimum atomic E-state index is -0.939. The molecule has 0 aromatic carbocycles. The Bertz CT molecular complexity index is 598. The first kappa shape index (κ1) is 53.8. The summed E-state index contributed by atoms with van der Waals surface area (Å²) in [5, 5.41) is 21.5. The molecule has 0 saturated carbocycles. The van der Waals surface area contributed by atoms with Crippen LogP contribution in [0.25, 0.3) is 0 Å². The maximum Gasteiger partial charge on any atom is 2.00 e. The van der Waals surface area contributed by atoms with E-state index in [1.54, 1.807) is 0 Å². The molecule has 0 amide bonds.